The van der Waals surface area contributed by atoms with Gasteiger partial charge in [-0.3, -0.25) is 9.78 Å². The normalized spacial score (nSPS) is 15.6. The van der Waals surface area contributed by atoms with Crippen LogP contribution in [0.1, 0.15) is 43.8 Å². The highest BCUT2D eigenvalue weighted by atomic mass is 32.1. The molecule has 6 heteroatoms. The van der Waals surface area contributed by atoms with E-state index in [2.05, 4.69) is 34.2 Å². The molecule has 0 bridgehead atoms. The maximum Gasteiger partial charge on any atom is 0.328 e. The molecule has 0 amide bonds. The summed E-state index contributed by atoms with van der Waals surface area (Å²) in [6, 6.07) is 6.22. The second-order valence-corrected chi connectivity index (χ2v) is 7.57. The minimum atomic E-state index is -0.412. The third-order valence-electron chi connectivity index (χ3n) is 4.47. The number of aryl methyl sites for hydroxylation is 3. The Hall–Kier alpha value is -2.73. The molecule has 1 N–H and O–H groups in total. The fourth-order valence-corrected chi connectivity index (χ4v) is 4.35. The number of nitrogens with one attached hydrogen (secondary N) is 1. The van der Waals surface area contributed by atoms with Gasteiger partial charge < -0.3 is 4.57 Å². The van der Waals surface area contributed by atoms with Gasteiger partial charge in [-0.25, -0.2) is 9.78 Å². The van der Waals surface area contributed by atoms with Gasteiger partial charge in [0.2, 0.25) is 0 Å². The Morgan fingerprint density at radius 3 is 2.76 bits per heavy atom. The predicted molar refractivity (Wildman–Crippen MR) is 100 cm³/mol. The number of fused-ring (bicyclic) bond motifs is 2. The van der Waals surface area contributed by atoms with Gasteiger partial charge in [-0.2, -0.15) is 0 Å². The van der Waals surface area contributed by atoms with Gasteiger partial charge in [-0.05, 0) is 31.1 Å². The number of nitrogens with zero attached hydrogens (tertiary/aromatic N) is 2. The van der Waals surface area contributed by atoms with Gasteiger partial charge in [-0.1, -0.05) is 29.8 Å². The summed E-state index contributed by atoms with van der Waals surface area (Å²) in [7, 11) is 1.64. The molecule has 1 unspecified atom stereocenters. The van der Waals surface area contributed by atoms with Crippen LogP contribution in [0.4, 0.5) is 0 Å². The smallest absolute Gasteiger partial charge is 0.303 e. The van der Waals surface area contributed by atoms with Crippen LogP contribution in [0.25, 0.3) is 12.2 Å². The van der Waals surface area contributed by atoms with E-state index < -0.39 is 5.69 Å². The van der Waals surface area contributed by atoms with Crippen LogP contribution in [0.5, 0.6) is 0 Å². The molecule has 4 rings (SSSR count). The lowest BCUT2D eigenvalue weighted by atomic mass is 9.88. The molecular formula is C19H17N3O2S. The standard InChI is InChI=1S/C19H17N3O2S/c1-10-4-6-13-12(8-10)5-7-15-17(25-11(2)20-15)16(13)14-9-22(3)19(24)21-18(14)23/h4-9,16H,1-3H3,(H,21,23,24). The van der Waals surface area contributed by atoms with Crippen molar-refractivity contribution in [1.29, 1.82) is 0 Å². The Bertz CT molecular complexity index is 1130. The Balaban J connectivity index is 2.07. The molecule has 0 fully saturated rings. The number of H-pyrrole nitrogens is 1. The Morgan fingerprint density at radius 1 is 1.16 bits per heavy atom. The monoisotopic (exact) mass is 351 g/mol. The Kier molecular flexibility index (Phi) is 3.58. The zero-order chi connectivity index (χ0) is 17.7. The van der Waals surface area contributed by atoms with Gasteiger partial charge in [0.25, 0.3) is 5.56 Å². The van der Waals surface area contributed by atoms with Gasteiger partial charge in [-0.15, -0.1) is 11.3 Å². The average molecular weight is 351 g/mol. The van der Waals surface area contributed by atoms with Gasteiger partial charge >= 0.3 is 5.69 Å². The first-order chi connectivity index (χ1) is 11.9. The zero-order valence-corrected chi connectivity index (χ0v) is 15.0. The largest absolute Gasteiger partial charge is 0.328 e. The lowest BCUT2D eigenvalue weighted by Crippen LogP contribution is -2.31. The molecule has 0 spiro atoms. The summed E-state index contributed by atoms with van der Waals surface area (Å²) in [5.74, 6) is -0.248. The summed E-state index contributed by atoms with van der Waals surface area (Å²) in [6.07, 6.45) is 5.70. The van der Waals surface area contributed by atoms with Gasteiger partial charge in [0, 0.05) is 23.7 Å². The molecule has 0 saturated carbocycles. The van der Waals surface area contributed by atoms with E-state index in [-0.39, 0.29) is 11.5 Å². The van der Waals surface area contributed by atoms with Crippen LogP contribution < -0.4 is 11.2 Å². The van der Waals surface area contributed by atoms with Crippen molar-refractivity contribution in [3.8, 4) is 0 Å². The Morgan fingerprint density at radius 2 is 1.96 bits per heavy atom. The van der Waals surface area contributed by atoms with Gasteiger partial charge in [0.15, 0.2) is 0 Å². The molecule has 1 aromatic carbocycles. The van der Waals surface area contributed by atoms with Crippen molar-refractivity contribution in [3.05, 3.63) is 83.1 Å². The van der Waals surface area contributed by atoms with Crippen molar-refractivity contribution in [1.82, 2.24) is 14.5 Å². The van der Waals surface area contributed by atoms with E-state index in [9.17, 15) is 9.59 Å². The molecule has 126 valence electrons. The molecule has 2 heterocycles. The average Bonchev–Trinajstić information content (AvgIpc) is 2.86. The van der Waals surface area contributed by atoms with Crippen molar-refractivity contribution in [2.24, 2.45) is 7.05 Å². The van der Waals surface area contributed by atoms with Crippen molar-refractivity contribution >= 4 is 23.5 Å². The second kappa shape index (κ2) is 5.67. The van der Waals surface area contributed by atoms with Crippen molar-refractivity contribution in [3.63, 3.8) is 0 Å². The van der Waals surface area contributed by atoms with Crippen LogP contribution in [0.2, 0.25) is 0 Å². The van der Waals surface area contributed by atoms with E-state index in [0.29, 0.717) is 5.56 Å². The maximum absolute atomic E-state index is 12.6. The van der Waals surface area contributed by atoms with Crippen LogP contribution >= 0.6 is 11.3 Å². The third-order valence-corrected chi connectivity index (χ3v) is 5.52. The molecule has 1 aliphatic carbocycles. The lowest BCUT2D eigenvalue weighted by Gasteiger charge is -2.18. The third kappa shape index (κ3) is 2.59. The molecule has 1 aliphatic rings. The minimum absolute atomic E-state index is 0.248. The number of rotatable bonds is 1. The first-order valence-corrected chi connectivity index (χ1v) is 8.81. The van der Waals surface area contributed by atoms with E-state index in [1.807, 2.05) is 19.9 Å². The van der Waals surface area contributed by atoms with Crippen LogP contribution in [0.3, 0.4) is 0 Å². The molecule has 0 aliphatic heterocycles. The first-order valence-electron chi connectivity index (χ1n) is 8.00. The van der Waals surface area contributed by atoms with Crippen molar-refractivity contribution < 1.29 is 0 Å². The summed E-state index contributed by atoms with van der Waals surface area (Å²) in [5.41, 5.74) is 3.96. The van der Waals surface area contributed by atoms with Crippen LogP contribution in [0.15, 0.2) is 34.0 Å². The predicted octanol–water partition coefficient (Wildman–Crippen LogP) is 2.81. The minimum Gasteiger partial charge on any atom is -0.303 e. The quantitative estimate of drug-likeness (QED) is 0.573. The van der Waals surface area contributed by atoms with E-state index in [0.717, 1.165) is 32.3 Å². The van der Waals surface area contributed by atoms with Crippen LogP contribution in [0, 0.1) is 13.8 Å². The number of thiazole rings is 1. The highest BCUT2D eigenvalue weighted by Gasteiger charge is 2.28. The van der Waals surface area contributed by atoms with Gasteiger partial charge in [0.05, 0.1) is 16.6 Å². The number of hydrogen-bond donors (Lipinski definition) is 1. The van der Waals surface area contributed by atoms with Crippen molar-refractivity contribution in [2.45, 2.75) is 19.8 Å². The summed E-state index contributed by atoms with van der Waals surface area (Å²) in [5, 5.41) is 0.955. The van der Waals surface area contributed by atoms with E-state index in [1.54, 1.807) is 24.6 Å². The summed E-state index contributed by atoms with van der Waals surface area (Å²) >= 11 is 1.59. The molecular weight excluding hydrogens is 334 g/mol. The molecule has 1 atom stereocenters. The molecule has 25 heavy (non-hydrogen) atoms. The molecule has 3 aromatic rings. The highest BCUT2D eigenvalue weighted by Crippen LogP contribution is 2.40. The Labute approximate surface area is 148 Å². The lowest BCUT2D eigenvalue weighted by molar-refractivity contribution is 0.767. The van der Waals surface area contributed by atoms with Gasteiger partial charge in [0.1, 0.15) is 0 Å². The van der Waals surface area contributed by atoms with Crippen molar-refractivity contribution in [2.75, 3.05) is 0 Å². The molecule has 5 nitrogen and oxygen atoms in total. The first kappa shape index (κ1) is 15.8. The number of aromatic nitrogens is 3. The SMILES string of the molecule is Cc1ccc2c(c1)C=Cc1nc(C)sc1C2c1cn(C)c(=O)[nH]c1=O. The number of hydrogen-bond acceptors (Lipinski definition) is 4. The second-order valence-electron chi connectivity index (χ2n) is 6.34. The highest BCUT2D eigenvalue weighted by molar-refractivity contribution is 7.11. The number of benzene rings is 1. The molecule has 0 radical (unpaired) electrons. The molecule has 0 saturated heterocycles. The maximum atomic E-state index is 12.6. The zero-order valence-electron chi connectivity index (χ0n) is 14.2. The van der Waals surface area contributed by atoms with Crippen LogP contribution in [-0.4, -0.2) is 14.5 Å². The summed E-state index contributed by atoms with van der Waals surface area (Å²) < 4.78 is 1.41. The summed E-state index contributed by atoms with van der Waals surface area (Å²) in [6.45, 7) is 4.01. The molecule has 2 aromatic heterocycles. The fourth-order valence-electron chi connectivity index (χ4n) is 3.29. The van der Waals surface area contributed by atoms with E-state index >= 15 is 0 Å². The topological polar surface area (TPSA) is 67.8 Å². The van der Waals surface area contributed by atoms with Crippen LogP contribution in [-0.2, 0) is 7.05 Å². The summed E-state index contributed by atoms with van der Waals surface area (Å²) in [4.78, 5) is 32.4. The van der Waals surface area contributed by atoms with E-state index in [1.165, 1.54) is 4.57 Å². The number of aromatic amines is 1. The van der Waals surface area contributed by atoms with E-state index in [4.69, 9.17) is 0 Å². The fraction of sp³-hybridized carbons (Fsp3) is 0.211.